The van der Waals surface area contributed by atoms with Gasteiger partial charge < -0.3 is 18.9 Å². The Morgan fingerprint density at radius 1 is 0.889 bits per heavy atom. The van der Waals surface area contributed by atoms with Gasteiger partial charge in [-0.15, -0.1) is 0 Å². The number of rotatable bonds is 8. The summed E-state index contributed by atoms with van der Waals surface area (Å²) in [6.07, 6.45) is 0. The smallest absolute Gasteiger partial charge is 0.357 e. The SMILES string of the molecule is COC(=O)c1c(-c2cc(Cl)c(OCc3ccccc3)c(OC)c2)nn(-c2ccccc2)c1C(=O)OC. The fourth-order valence-corrected chi connectivity index (χ4v) is 3.95. The number of carbonyl (C=O) groups is 2. The summed E-state index contributed by atoms with van der Waals surface area (Å²) >= 11 is 6.60. The zero-order chi connectivity index (χ0) is 25.7. The van der Waals surface area contributed by atoms with E-state index in [1.165, 1.54) is 26.0 Å². The van der Waals surface area contributed by atoms with Crippen LogP contribution in [0.1, 0.15) is 26.4 Å². The van der Waals surface area contributed by atoms with Crippen LogP contribution >= 0.6 is 11.6 Å². The number of esters is 2. The predicted octanol–water partition coefficient (Wildman–Crippen LogP) is 5.35. The molecule has 0 amide bonds. The Morgan fingerprint density at radius 2 is 1.53 bits per heavy atom. The Hall–Kier alpha value is -4.30. The number of nitrogens with zero attached hydrogens (tertiary/aromatic N) is 2. The molecule has 1 heterocycles. The van der Waals surface area contributed by atoms with E-state index in [1.807, 2.05) is 36.4 Å². The summed E-state index contributed by atoms with van der Waals surface area (Å²) in [5, 5.41) is 4.83. The third kappa shape index (κ3) is 4.89. The first-order valence-corrected chi connectivity index (χ1v) is 11.3. The van der Waals surface area contributed by atoms with Gasteiger partial charge in [-0.05, 0) is 29.8 Å². The molecule has 184 valence electrons. The summed E-state index contributed by atoms with van der Waals surface area (Å²) in [5.74, 6) is -0.842. The van der Waals surface area contributed by atoms with Crippen LogP contribution < -0.4 is 9.47 Å². The van der Waals surface area contributed by atoms with Crippen LogP contribution in [-0.4, -0.2) is 43.0 Å². The van der Waals surface area contributed by atoms with Crippen molar-refractivity contribution in [1.29, 1.82) is 0 Å². The maximum absolute atomic E-state index is 12.9. The zero-order valence-corrected chi connectivity index (χ0v) is 20.6. The predicted molar refractivity (Wildman–Crippen MR) is 134 cm³/mol. The molecule has 0 aliphatic heterocycles. The number of aromatic nitrogens is 2. The second-order valence-electron chi connectivity index (χ2n) is 7.57. The molecule has 0 saturated heterocycles. The van der Waals surface area contributed by atoms with E-state index in [1.54, 1.807) is 36.4 Å². The van der Waals surface area contributed by atoms with Crippen molar-refractivity contribution in [3.05, 3.63) is 94.6 Å². The van der Waals surface area contributed by atoms with E-state index in [-0.39, 0.29) is 28.6 Å². The largest absolute Gasteiger partial charge is 0.493 e. The fourth-order valence-electron chi connectivity index (χ4n) is 3.68. The van der Waals surface area contributed by atoms with Gasteiger partial charge in [-0.3, -0.25) is 0 Å². The van der Waals surface area contributed by atoms with E-state index >= 15 is 0 Å². The lowest BCUT2D eigenvalue weighted by molar-refractivity contribution is 0.0549. The summed E-state index contributed by atoms with van der Waals surface area (Å²) < 4.78 is 22.8. The van der Waals surface area contributed by atoms with Crippen LogP contribution in [0.25, 0.3) is 16.9 Å². The number of methoxy groups -OCH3 is 3. The summed E-state index contributed by atoms with van der Waals surface area (Å²) in [4.78, 5) is 25.7. The zero-order valence-electron chi connectivity index (χ0n) is 19.9. The standard InChI is InChI=1S/C27H23ClN2O6/c1-33-21-15-18(14-20(28)25(21)36-16-17-10-6-4-7-11-17)23-22(26(31)34-2)24(27(32)35-3)30(29-23)19-12-8-5-9-13-19/h4-15H,16H2,1-3H3. The van der Waals surface area contributed by atoms with Crippen molar-refractivity contribution < 1.29 is 28.5 Å². The topological polar surface area (TPSA) is 88.9 Å². The Balaban J connectivity index is 1.86. The highest BCUT2D eigenvalue weighted by Crippen LogP contribution is 2.41. The highest BCUT2D eigenvalue weighted by molar-refractivity contribution is 6.32. The van der Waals surface area contributed by atoms with Gasteiger partial charge in [0.05, 0.1) is 32.0 Å². The molecule has 0 spiro atoms. The van der Waals surface area contributed by atoms with Gasteiger partial charge in [0.2, 0.25) is 0 Å². The Labute approximate surface area is 212 Å². The van der Waals surface area contributed by atoms with Gasteiger partial charge in [-0.2, -0.15) is 5.10 Å². The third-order valence-electron chi connectivity index (χ3n) is 5.38. The first-order chi connectivity index (χ1) is 17.5. The number of benzene rings is 3. The molecule has 0 atom stereocenters. The van der Waals surface area contributed by atoms with Gasteiger partial charge in [0.25, 0.3) is 0 Å². The quantitative estimate of drug-likeness (QED) is 0.297. The first kappa shape index (κ1) is 24.8. The second-order valence-corrected chi connectivity index (χ2v) is 7.97. The van der Waals surface area contributed by atoms with Gasteiger partial charge in [-0.25, -0.2) is 14.3 Å². The van der Waals surface area contributed by atoms with Crippen LogP contribution in [0.4, 0.5) is 0 Å². The molecule has 1 aromatic heterocycles. The molecule has 0 saturated carbocycles. The first-order valence-electron chi connectivity index (χ1n) is 10.9. The van der Waals surface area contributed by atoms with E-state index in [9.17, 15) is 9.59 Å². The molecule has 0 bridgehead atoms. The van der Waals surface area contributed by atoms with Crippen LogP contribution in [-0.2, 0) is 16.1 Å². The van der Waals surface area contributed by atoms with Crippen LogP contribution in [0.3, 0.4) is 0 Å². The molecule has 0 fully saturated rings. The molecular weight excluding hydrogens is 484 g/mol. The Bertz CT molecular complexity index is 1390. The minimum atomic E-state index is -0.757. The minimum absolute atomic E-state index is 0.0655. The molecule has 3 aromatic carbocycles. The van der Waals surface area contributed by atoms with Gasteiger partial charge in [0.15, 0.2) is 17.2 Å². The molecule has 36 heavy (non-hydrogen) atoms. The van der Waals surface area contributed by atoms with E-state index in [0.717, 1.165) is 5.56 Å². The normalized spacial score (nSPS) is 10.6. The van der Waals surface area contributed by atoms with Crippen molar-refractivity contribution >= 4 is 23.5 Å². The molecule has 0 aliphatic carbocycles. The molecule has 0 N–H and O–H groups in total. The van der Waals surface area contributed by atoms with E-state index in [0.29, 0.717) is 22.7 Å². The number of hydrogen-bond donors (Lipinski definition) is 0. The van der Waals surface area contributed by atoms with Crippen molar-refractivity contribution in [2.75, 3.05) is 21.3 Å². The number of halogens is 1. The molecule has 4 rings (SSSR count). The summed E-state index contributed by atoms with van der Waals surface area (Å²) in [5.41, 5.74) is 1.95. The van der Waals surface area contributed by atoms with E-state index in [4.69, 9.17) is 30.5 Å². The van der Waals surface area contributed by atoms with Crippen LogP contribution in [0.5, 0.6) is 11.5 Å². The van der Waals surface area contributed by atoms with E-state index < -0.39 is 11.9 Å². The fraction of sp³-hybridized carbons (Fsp3) is 0.148. The van der Waals surface area contributed by atoms with Gasteiger partial charge >= 0.3 is 11.9 Å². The lowest BCUT2D eigenvalue weighted by atomic mass is 10.0. The van der Waals surface area contributed by atoms with Gasteiger partial charge in [0.1, 0.15) is 17.9 Å². The summed E-state index contributed by atoms with van der Waals surface area (Å²) in [6.45, 7) is 0.277. The second kappa shape index (κ2) is 11.0. The van der Waals surface area contributed by atoms with E-state index in [2.05, 4.69) is 5.10 Å². The van der Waals surface area contributed by atoms with Gasteiger partial charge in [0, 0.05) is 5.56 Å². The van der Waals surface area contributed by atoms with Gasteiger partial charge in [-0.1, -0.05) is 60.1 Å². The lowest BCUT2D eigenvalue weighted by Gasteiger charge is -2.14. The highest BCUT2D eigenvalue weighted by Gasteiger charge is 2.32. The third-order valence-corrected chi connectivity index (χ3v) is 5.66. The van der Waals surface area contributed by atoms with Crippen molar-refractivity contribution in [3.8, 4) is 28.4 Å². The van der Waals surface area contributed by atoms with Crippen molar-refractivity contribution in [3.63, 3.8) is 0 Å². The maximum Gasteiger partial charge on any atom is 0.357 e. The number of ether oxygens (including phenoxy) is 4. The molecule has 0 radical (unpaired) electrons. The van der Waals surface area contributed by atoms with Crippen LogP contribution in [0.15, 0.2) is 72.8 Å². The highest BCUT2D eigenvalue weighted by atomic mass is 35.5. The van der Waals surface area contributed by atoms with Crippen LogP contribution in [0.2, 0.25) is 5.02 Å². The number of carbonyl (C=O) groups excluding carboxylic acids is 2. The molecule has 4 aromatic rings. The van der Waals surface area contributed by atoms with Crippen molar-refractivity contribution in [2.45, 2.75) is 6.61 Å². The lowest BCUT2D eigenvalue weighted by Crippen LogP contribution is -2.15. The monoisotopic (exact) mass is 506 g/mol. The molecule has 8 nitrogen and oxygen atoms in total. The Morgan fingerprint density at radius 3 is 2.14 bits per heavy atom. The van der Waals surface area contributed by atoms with Crippen LogP contribution in [0, 0.1) is 0 Å². The number of hydrogen-bond acceptors (Lipinski definition) is 7. The van der Waals surface area contributed by atoms with Crippen molar-refractivity contribution in [1.82, 2.24) is 9.78 Å². The molecule has 0 unspecified atom stereocenters. The molecular formula is C27H23ClN2O6. The average Bonchev–Trinajstić information content (AvgIpc) is 3.33. The molecule has 9 heteroatoms. The molecule has 0 aliphatic rings. The maximum atomic E-state index is 12.9. The summed E-state index contributed by atoms with van der Waals surface area (Å²) in [7, 11) is 3.93. The minimum Gasteiger partial charge on any atom is -0.493 e. The van der Waals surface area contributed by atoms with Crippen molar-refractivity contribution in [2.24, 2.45) is 0 Å². The average molecular weight is 507 g/mol. The summed E-state index contributed by atoms with van der Waals surface area (Å²) in [6, 6.07) is 21.7. The number of para-hydroxylation sites is 1. The Kier molecular flexibility index (Phi) is 7.56.